The van der Waals surface area contributed by atoms with Gasteiger partial charge >= 0.3 is 5.97 Å². The minimum absolute atomic E-state index is 0.0751. The third-order valence-electron chi connectivity index (χ3n) is 11.1. The van der Waals surface area contributed by atoms with E-state index in [0.717, 1.165) is 12.8 Å². The van der Waals surface area contributed by atoms with Crippen molar-refractivity contribution in [1.82, 2.24) is 0 Å². The summed E-state index contributed by atoms with van der Waals surface area (Å²) in [5.41, 5.74) is -3.07. The number of hydrogen-bond donors (Lipinski definition) is 7. The first kappa shape index (κ1) is 36.0. The second-order valence-corrected chi connectivity index (χ2v) is 14.2. The molecule has 2 saturated carbocycles. The standard InChI is InChI=1S/C37H44N2O13/c1-48-21-10-8-20(9-11-21)23-16-22(40)27-24(49-23)17-25(30(28(27)41)52-36(46)14-6-3-7-15-36)50-34-29(42)31(43)37(47,32(51-34)33(44)45)35(12-4-2-5-13-35)26-18-38-19-39-26/h8-11,16-17,19,23,29,31-32,34,40-43,46-47H,2-7,12-15,18H2,1H3,(H,44,45)/t23?,29-,31+,32-,34-,37+/m1/s1. The lowest BCUT2D eigenvalue weighted by Gasteiger charge is -2.57. The second-order valence-electron chi connectivity index (χ2n) is 14.2. The molecule has 2 aliphatic carbocycles. The molecule has 52 heavy (non-hydrogen) atoms. The molecule has 5 aliphatic rings. The smallest absolute Gasteiger partial charge is 0.336 e. The van der Waals surface area contributed by atoms with Gasteiger partial charge in [0.15, 0.2) is 17.6 Å². The predicted molar refractivity (Wildman–Crippen MR) is 184 cm³/mol. The van der Waals surface area contributed by atoms with Crippen LogP contribution in [0.15, 0.2) is 46.4 Å². The average molecular weight is 725 g/mol. The zero-order valence-electron chi connectivity index (χ0n) is 28.7. The van der Waals surface area contributed by atoms with E-state index in [9.17, 15) is 40.5 Å². The first-order chi connectivity index (χ1) is 24.9. The van der Waals surface area contributed by atoms with Gasteiger partial charge in [-0.05, 0) is 43.4 Å². The predicted octanol–water partition coefficient (Wildman–Crippen LogP) is 3.54. The van der Waals surface area contributed by atoms with Crippen molar-refractivity contribution in [2.75, 3.05) is 13.7 Å². The molecule has 1 saturated heterocycles. The number of aliphatic carboxylic acids is 1. The van der Waals surface area contributed by atoms with Crippen molar-refractivity contribution in [2.45, 2.75) is 106 Å². The Morgan fingerprint density at radius 1 is 0.962 bits per heavy atom. The van der Waals surface area contributed by atoms with E-state index in [4.69, 9.17) is 23.7 Å². The number of phenolic OH excluding ortho intramolecular Hbond substituents is 1. The highest BCUT2D eigenvalue weighted by Crippen LogP contribution is 2.55. The molecule has 7 N–H and O–H groups in total. The summed E-state index contributed by atoms with van der Waals surface area (Å²) in [7, 11) is 1.53. The Bertz CT molecular complexity index is 1760. The zero-order valence-corrected chi connectivity index (χ0v) is 28.7. The maximum Gasteiger partial charge on any atom is 0.336 e. The fraction of sp³-hybridized carbons (Fsp3) is 0.541. The molecular weight excluding hydrogens is 680 g/mol. The molecule has 6 atom stereocenters. The van der Waals surface area contributed by atoms with Gasteiger partial charge in [0.1, 0.15) is 53.1 Å². The van der Waals surface area contributed by atoms with Crippen LogP contribution in [-0.2, 0) is 9.53 Å². The van der Waals surface area contributed by atoms with Crippen LogP contribution in [0.3, 0.4) is 0 Å². The van der Waals surface area contributed by atoms with E-state index < -0.39 is 65.0 Å². The number of aliphatic imine (C=N–C) groups is 2. The number of aliphatic hydroxyl groups excluding tert-OH is 3. The minimum Gasteiger partial charge on any atom is -0.507 e. The number of carbonyl (C=O) groups is 1. The van der Waals surface area contributed by atoms with Gasteiger partial charge in [0.25, 0.3) is 0 Å². The van der Waals surface area contributed by atoms with Gasteiger partial charge in [0, 0.05) is 30.4 Å². The van der Waals surface area contributed by atoms with Gasteiger partial charge in [-0.2, -0.15) is 0 Å². The highest BCUT2D eigenvalue weighted by atomic mass is 16.7. The number of rotatable bonds is 9. The monoisotopic (exact) mass is 724 g/mol. The van der Waals surface area contributed by atoms with E-state index >= 15 is 0 Å². The van der Waals surface area contributed by atoms with Crippen LogP contribution < -0.4 is 18.9 Å². The number of nitrogens with zero attached hydrogens (tertiary/aromatic N) is 2. The summed E-state index contributed by atoms with van der Waals surface area (Å²) in [6, 6.07) is 8.14. The maximum atomic E-state index is 12.9. The minimum atomic E-state index is -2.55. The number of carboxylic acid groups (broad SMARTS) is 1. The van der Waals surface area contributed by atoms with Crippen LogP contribution in [0, 0.1) is 5.41 Å². The number of hydrogen-bond acceptors (Lipinski definition) is 14. The van der Waals surface area contributed by atoms with Crippen molar-refractivity contribution in [3.8, 4) is 28.7 Å². The van der Waals surface area contributed by atoms with Crippen LogP contribution in [0.4, 0.5) is 0 Å². The summed E-state index contributed by atoms with van der Waals surface area (Å²) in [6.45, 7) is 0.0915. The first-order valence-electron chi connectivity index (χ1n) is 17.6. The van der Waals surface area contributed by atoms with Crippen molar-refractivity contribution in [3.63, 3.8) is 0 Å². The Balaban J connectivity index is 1.27. The molecule has 15 heteroatoms. The van der Waals surface area contributed by atoms with Gasteiger partial charge in [-0.25, -0.2) is 9.79 Å². The van der Waals surface area contributed by atoms with Crippen molar-refractivity contribution in [1.29, 1.82) is 0 Å². The lowest BCUT2D eigenvalue weighted by Crippen LogP contribution is -2.76. The van der Waals surface area contributed by atoms with Crippen LogP contribution in [0.5, 0.6) is 28.7 Å². The molecule has 7 rings (SSSR count). The topological polar surface area (TPSA) is 230 Å². The van der Waals surface area contributed by atoms with E-state index in [2.05, 4.69) is 9.98 Å². The number of benzene rings is 2. The molecule has 3 heterocycles. The number of methoxy groups -OCH3 is 1. The summed E-state index contributed by atoms with van der Waals surface area (Å²) in [4.78, 5) is 21.4. The van der Waals surface area contributed by atoms with Crippen molar-refractivity contribution in [2.24, 2.45) is 15.4 Å². The van der Waals surface area contributed by atoms with Gasteiger partial charge in [-0.15, -0.1) is 0 Å². The number of fused-ring (bicyclic) bond motifs is 1. The number of carboxylic acids is 1. The Hall–Kier alpha value is -4.41. The Morgan fingerprint density at radius 3 is 2.25 bits per heavy atom. The Morgan fingerprint density at radius 2 is 1.63 bits per heavy atom. The number of aromatic hydroxyl groups is 1. The SMILES string of the molecule is COc1ccc(C2C=C(O)c3c(cc(O[C@@H]4O[C@H](C(=O)O)[C@](O)(C5(C6=NC=NC6)CCCCC5)[C@@H](O)[C@H]4O)c(OC4(O)CCCCC4)c3O)O2)cc1. The van der Waals surface area contributed by atoms with E-state index in [-0.39, 0.29) is 55.0 Å². The maximum absolute atomic E-state index is 12.9. The Kier molecular flexibility index (Phi) is 9.59. The summed E-state index contributed by atoms with van der Waals surface area (Å²) in [5, 5.41) is 80.5. The molecule has 0 amide bonds. The highest BCUT2D eigenvalue weighted by Gasteiger charge is 2.69. The third kappa shape index (κ3) is 6.03. The lowest BCUT2D eigenvalue weighted by molar-refractivity contribution is -0.326. The molecule has 2 aromatic rings. The lowest BCUT2D eigenvalue weighted by atomic mass is 9.55. The summed E-state index contributed by atoms with van der Waals surface area (Å²) in [6.07, 6.45) is -1.23. The third-order valence-corrected chi connectivity index (χ3v) is 11.1. The van der Waals surface area contributed by atoms with Gasteiger partial charge in [0.05, 0.1) is 19.4 Å². The fourth-order valence-electron chi connectivity index (χ4n) is 8.40. The van der Waals surface area contributed by atoms with Crippen LogP contribution in [0.2, 0.25) is 0 Å². The van der Waals surface area contributed by atoms with Crippen LogP contribution in [0.25, 0.3) is 5.76 Å². The second kappa shape index (κ2) is 13.9. The van der Waals surface area contributed by atoms with Crippen LogP contribution >= 0.6 is 0 Å². The molecule has 15 nitrogen and oxygen atoms in total. The molecule has 1 unspecified atom stereocenters. The fourth-order valence-corrected chi connectivity index (χ4v) is 8.40. The highest BCUT2D eigenvalue weighted by molar-refractivity contribution is 6.02. The quantitative estimate of drug-likeness (QED) is 0.184. The molecular formula is C37H44N2O13. The zero-order chi connectivity index (χ0) is 36.8. The molecule has 3 fully saturated rings. The van der Waals surface area contributed by atoms with E-state index in [1.807, 2.05) is 0 Å². The van der Waals surface area contributed by atoms with Crippen molar-refractivity contribution >= 4 is 23.8 Å². The number of ether oxygens (including phenoxy) is 5. The number of aliphatic hydroxyl groups is 5. The molecule has 0 aromatic heterocycles. The van der Waals surface area contributed by atoms with Gasteiger partial charge in [-0.3, -0.25) is 4.99 Å². The molecule has 3 aliphatic heterocycles. The first-order valence-corrected chi connectivity index (χ1v) is 17.6. The molecule has 2 aromatic carbocycles. The molecule has 0 spiro atoms. The van der Waals surface area contributed by atoms with E-state index in [1.165, 1.54) is 25.6 Å². The largest absolute Gasteiger partial charge is 0.507 e. The summed E-state index contributed by atoms with van der Waals surface area (Å²) >= 11 is 0. The average Bonchev–Trinajstić information content (AvgIpc) is 3.69. The summed E-state index contributed by atoms with van der Waals surface area (Å²) in [5.74, 6) is -4.64. The van der Waals surface area contributed by atoms with E-state index in [1.54, 1.807) is 24.3 Å². The van der Waals surface area contributed by atoms with E-state index in [0.29, 0.717) is 42.7 Å². The molecule has 0 radical (unpaired) electrons. The normalized spacial score (nSPS) is 30.7. The summed E-state index contributed by atoms with van der Waals surface area (Å²) < 4.78 is 29.4. The Labute approximate surface area is 299 Å². The number of phenols is 1. The van der Waals surface area contributed by atoms with Gasteiger partial charge in [0.2, 0.25) is 17.8 Å². The van der Waals surface area contributed by atoms with Crippen LogP contribution in [-0.4, -0.2) is 103 Å². The van der Waals surface area contributed by atoms with Crippen molar-refractivity contribution < 1.29 is 64.2 Å². The van der Waals surface area contributed by atoms with Gasteiger partial charge in [-0.1, -0.05) is 37.8 Å². The van der Waals surface area contributed by atoms with Crippen LogP contribution in [0.1, 0.15) is 81.4 Å². The molecule has 0 bridgehead atoms. The molecule has 280 valence electrons. The van der Waals surface area contributed by atoms with Gasteiger partial charge < -0.3 is 59.4 Å². The van der Waals surface area contributed by atoms with Crippen molar-refractivity contribution in [3.05, 3.63) is 47.5 Å².